The average molecular weight is 288 g/mol. The predicted molar refractivity (Wildman–Crippen MR) is 70.4 cm³/mol. The van der Waals surface area contributed by atoms with Crippen LogP contribution in [0.1, 0.15) is 23.5 Å². The van der Waals surface area contributed by atoms with E-state index in [4.69, 9.17) is 0 Å². The van der Waals surface area contributed by atoms with Crippen molar-refractivity contribution in [2.75, 3.05) is 11.5 Å². The van der Waals surface area contributed by atoms with Gasteiger partial charge in [0.2, 0.25) is 5.91 Å². The van der Waals surface area contributed by atoms with Gasteiger partial charge in [0.1, 0.15) is 0 Å². The van der Waals surface area contributed by atoms with Crippen molar-refractivity contribution in [3.8, 4) is 0 Å². The third-order valence-corrected chi connectivity index (χ3v) is 5.62. The molecule has 1 N–H and O–H groups in total. The zero-order chi connectivity index (χ0) is 13.2. The van der Waals surface area contributed by atoms with Crippen LogP contribution >= 0.6 is 11.3 Å². The molecule has 1 aromatic rings. The highest BCUT2D eigenvalue weighted by molar-refractivity contribution is 7.91. The second kappa shape index (κ2) is 5.36. The smallest absolute Gasteiger partial charge is 0.220 e. The number of hydrogen-bond donors (Lipinski definition) is 1. The van der Waals surface area contributed by atoms with Crippen LogP contribution < -0.4 is 5.32 Å². The second-order valence-electron chi connectivity index (χ2n) is 4.55. The van der Waals surface area contributed by atoms with Crippen molar-refractivity contribution in [3.05, 3.63) is 16.1 Å². The molecule has 1 fully saturated rings. The molecule has 1 aliphatic heterocycles. The molecule has 18 heavy (non-hydrogen) atoms. The first kappa shape index (κ1) is 13.5. The molecule has 0 aromatic carbocycles. The largest absolute Gasteiger partial charge is 0.352 e. The van der Waals surface area contributed by atoms with Crippen LogP contribution in [-0.2, 0) is 21.1 Å². The van der Waals surface area contributed by atoms with Crippen LogP contribution in [0.3, 0.4) is 0 Å². The van der Waals surface area contributed by atoms with Gasteiger partial charge in [0.15, 0.2) is 9.84 Å². The van der Waals surface area contributed by atoms with E-state index < -0.39 is 9.84 Å². The Hall–Kier alpha value is -0.950. The summed E-state index contributed by atoms with van der Waals surface area (Å²) in [6.45, 7) is 1.92. The van der Waals surface area contributed by atoms with Gasteiger partial charge in [0, 0.05) is 30.0 Å². The first-order valence-electron chi connectivity index (χ1n) is 5.85. The van der Waals surface area contributed by atoms with Gasteiger partial charge >= 0.3 is 0 Å². The summed E-state index contributed by atoms with van der Waals surface area (Å²) in [7, 11) is -2.93. The minimum Gasteiger partial charge on any atom is -0.352 e. The number of aryl methyl sites for hydroxylation is 2. The SMILES string of the molecule is Cc1csc(CCC(=O)NC2CCS(=O)(=O)C2)n1. The fraction of sp³-hybridized carbons (Fsp3) is 0.636. The number of carbonyl (C=O) groups excluding carboxylic acids is 1. The number of amides is 1. The highest BCUT2D eigenvalue weighted by Gasteiger charge is 2.28. The van der Waals surface area contributed by atoms with Crippen LogP contribution in [0.2, 0.25) is 0 Å². The van der Waals surface area contributed by atoms with E-state index in [1.165, 1.54) is 0 Å². The lowest BCUT2D eigenvalue weighted by molar-refractivity contribution is -0.121. The highest BCUT2D eigenvalue weighted by atomic mass is 32.2. The molecule has 100 valence electrons. The quantitative estimate of drug-likeness (QED) is 0.884. The van der Waals surface area contributed by atoms with Crippen molar-refractivity contribution in [2.45, 2.75) is 32.2 Å². The lowest BCUT2D eigenvalue weighted by atomic mass is 10.2. The van der Waals surface area contributed by atoms with E-state index in [0.29, 0.717) is 19.3 Å². The van der Waals surface area contributed by atoms with Crippen molar-refractivity contribution in [1.29, 1.82) is 0 Å². The molecule has 0 radical (unpaired) electrons. The average Bonchev–Trinajstić information content (AvgIpc) is 2.82. The molecule has 2 rings (SSSR count). The van der Waals surface area contributed by atoms with E-state index in [-0.39, 0.29) is 23.5 Å². The molecule has 0 saturated carbocycles. The van der Waals surface area contributed by atoms with Crippen LogP contribution in [-0.4, -0.2) is 36.9 Å². The molecule has 0 spiro atoms. The van der Waals surface area contributed by atoms with Crippen LogP contribution in [0.5, 0.6) is 0 Å². The van der Waals surface area contributed by atoms with E-state index in [1.54, 1.807) is 11.3 Å². The van der Waals surface area contributed by atoms with Crippen LogP contribution in [0.25, 0.3) is 0 Å². The number of rotatable bonds is 4. The molecule has 1 aromatic heterocycles. The van der Waals surface area contributed by atoms with Gasteiger partial charge in [0.05, 0.1) is 16.5 Å². The zero-order valence-electron chi connectivity index (χ0n) is 10.2. The molecule has 0 aliphatic carbocycles. The van der Waals surface area contributed by atoms with E-state index in [9.17, 15) is 13.2 Å². The fourth-order valence-electron chi connectivity index (χ4n) is 1.95. The summed E-state index contributed by atoms with van der Waals surface area (Å²) in [5.41, 5.74) is 0.970. The number of thiazole rings is 1. The Morgan fingerprint density at radius 1 is 1.61 bits per heavy atom. The summed E-state index contributed by atoms with van der Waals surface area (Å²) in [4.78, 5) is 15.9. The van der Waals surface area contributed by atoms with E-state index in [1.807, 2.05) is 12.3 Å². The van der Waals surface area contributed by atoms with Gasteiger partial charge in [-0.3, -0.25) is 4.79 Å². The topological polar surface area (TPSA) is 76.1 Å². The molecule has 1 unspecified atom stereocenters. The Labute approximate surface area is 111 Å². The normalized spacial score (nSPS) is 21.9. The molecular formula is C11H16N2O3S2. The van der Waals surface area contributed by atoms with Crippen molar-refractivity contribution < 1.29 is 13.2 Å². The molecule has 1 aliphatic rings. The molecule has 5 nitrogen and oxygen atoms in total. The van der Waals surface area contributed by atoms with Gasteiger partial charge in [-0.25, -0.2) is 13.4 Å². The number of hydrogen-bond acceptors (Lipinski definition) is 5. The summed E-state index contributed by atoms with van der Waals surface area (Å²) >= 11 is 1.55. The minimum absolute atomic E-state index is 0.0785. The summed E-state index contributed by atoms with van der Waals surface area (Å²) in [5.74, 6) is 0.170. The van der Waals surface area contributed by atoms with Gasteiger partial charge in [-0.05, 0) is 13.3 Å². The van der Waals surface area contributed by atoms with Gasteiger partial charge in [0.25, 0.3) is 0 Å². The summed E-state index contributed by atoms with van der Waals surface area (Å²) in [5, 5.41) is 5.67. The van der Waals surface area contributed by atoms with Crippen LogP contribution in [0.4, 0.5) is 0 Å². The molecule has 1 saturated heterocycles. The molecule has 1 atom stereocenters. The predicted octanol–water partition coefficient (Wildman–Crippen LogP) is 0.687. The molecular weight excluding hydrogens is 272 g/mol. The van der Waals surface area contributed by atoms with Crippen molar-refractivity contribution in [2.24, 2.45) is 0 Å². The number of nitrogens with zero attached hydrogens (tertiary/aromatic N) is 1. The van der Waals surface area contributed by atoms with Crippen molar-refractivity contribution in [1.82, 2.24) is 10.3 Å². The van der Waals surface area contributed by atoms with E-state index >= 15 is 0 Å². The third-order valence-electron chi connectivity index (χ3n) is 2.83. The van der Waals surface area contributed by atoms with Crippen LogP contribution in [0, 0.1) is 6.92 Å². The van der Waals surface area contributed by atoms with Gasteiger partial charge < -0.3 is 5.32 Å². The van der Waals surface area contributed by atoms with Gasteiger partial charge in [-0.15, -0.1) is 11.3 Å². The first-order valence-corrected chi connectivity index (χ1v) is 8.55. The monoisotopic (exact) mass is 288 g/mol. The van der Waals surface area contributed by atoms with E-state index in [0.717, 1.165) is 10.7 Å². The minimum atomic E-state index is -2.93. The lowest BCUT2D eigenvalue weighted by Crippen LogP contribution is -2.35. The highest BCUT2D eigenvalue weighted by Crippen LogP contribution is 2.13. The van der Waals surface area contributed by atoms with Gasteiger partial charge in [-0.2, -0.15) is 0 Å². The molecule has 0 bridgehead atoms. The number of sulfone groups is 1. The Morgan fingerprint density at radius 2 is 2.39 bits per heavy atom. The molecule has 1 amide bonds. The maximum absolute atomic E-state index is 11.7. The first-order chi connectivity index (χ1) is 8.44. The second-order valence-corrected chi connectivity index (χ2v) is 7.72. The third kappa shape index (κ3) is 3.78. The van der Waals surface area contributed by atoms with Crippen molar-refractivity contribution in [3.63, 3.8) is 0 Å². The lowest BCUT2D eigenvalue weighted by Gasteiger charge is -2.09. The zero-order valence-corrected chi connectivity index (χ0v) is 11.8. The Bertz CT molecular complexity index is 536. The Morgan fingerprint density at radius 3 is 2.94 bits per heavy atom. The van der Waals surface area contributed by atoms with Gasteiger partial charge in [-0.1, -0.05) is 0 Å². The summed E-state index contributed by atoms with van der Waals surface area (Å²) < 4.78 is 22.5. The Kier molecular flexibility index (Phi) is 4.01. The van der Waals surface area contributed by atoms with E-state index in [2.05, 4.69) is 10.3 Å². The van der Waals surface area contributed by atoms with Crippen LogP contribution in [0.15, 0.2) is 5.38 Å². The fourth-order valence-corrected chi connectivity index (χ4v) is 4.40. The van der Waals surface area contributed by atoms with Crippen molar-refractivity contribution >= 4 is 27.1 Å². The number of aromatic nitrogens is 1. The Balaban J connectivity index is 1.76. The maximum Gasteiger partial charge on any atom is 0.220 e. The molecule has 2 heterocycles. The summed E-state index contributed by atoms with van der Waals surface area (Å²) in [6, 6.07) is -0.208. The standard InChI is InChI=1S/C11H16N2O3S2/c1-8-6-17-11(12-8)3-2-10(14)13-9-4-5-18(15,16)7-9/h6,9H,2-5,7H2,1H3,(H,13,14). The number of carbonyl (C=O) groups is 1. The number of nitrogens with one attached hydrogen (secondary N) is 1. The maximum atomic E-state index is 11.7. The molecule has 7 heteroatoms. The summed E-state index contributed by atoms with van der Waals surface area (Å²) in [6.07, 6.45) is 1.51.